The van der Waals surface area contributed by atoms with Crippen molar-refractivity contribution in [3.8, 4) is 22.8 Å². The van der Waals surface area contributed by atoms with Crippen molar-refractivity contribution in [3.63, 3.8) is 0 Å². The van der Waals surface area contributed by atoms with Crippen molar-refractivity contribution >= 4 is 39.4 Å². The maximum atomic E-state index is 13.6. The second-order valence-corrected chi connectivity index (χ2v) is 9.95. The van der Waals surface area contributed by atoms with Gasteiger partial charge in [-0.15, -0.1) is 0 Å². The molecule has 0 spiro atoms. The summed E-state index contributed by atoms with van der Waals surface area (Å²) in [6, 6.07) is 20.5. The minimum Gasteiger partial charge on any atom is -0.493 e. The molecule has 0 saturated carbocycles. The summed E-state index contributed by atoms with van der Waals surface area (Å²) in [5, 5.41) is 2.43. The second-order valence-electron chi connectivity index (χ2n) is 8.96. The van der Waals surface area contributed by atoms with Crippen molar-refractivity contribution in [2.45, 2.75) is 13.3 Å². The molecule has 1 aliphatic rings. The summed E-state index contributed by atoms with van der Waals surface area (Å²) in [5.41, 5.74) is 3.33. The van der Waals surface area contributed by atoms with Gasteiger partial charge in [0.05, 0.1) is 29.3 Å². The standard InChI is InChI=1S/C30H25FN2O5S/c1-18(28-29(35)32-30(36)39-28)19-10-14-22(15-11-19)37-16-5-17-38-27-25(20-8-12-21(31)13-9-20)33(2)24-7-4-3-6-23(24)26(27)34/h3-4,6-15H,5,16-17H2,1-2H3,(H,32,35,36). The highest BCUT2D eigenvalue weighted by molar-refractivity contribution is 8.18. The van der Waals surface area contributed by atoms with Crippen molar-refractivity contribution in [1.82, 2.24) is 9.88 Å². The topological polar surface area (TPSA) is 86.6 Å². The summed E-state index contributed by atoms with van der Waals surface area (Å²) in [7, 11) is 1.85. The number of fused-ring (bicyclic) bond motifs is 1. The first-order valence-electron chi connectivity index (χ1n) is 12.3. The van der Waals surface area contributed by atoms with Crippen LogP contribution in [0.1, 0.15) is 18.9 Å². The van der Waals surface area contributed by atoms with Crippen LogP contribution in [0, 0.1) is 5.82 Å². The van der Waals surface area contributed by atoms with Gasteiger partial charge in [-0.2, -0.15) is 0 Å². The highest BCUT2D eigenvalue weighted by Crippen LogP contribution is 2.32. The van der Waals surface area contributed by atoms with Gasteiger partial charge in [0, 0.05) is 24.4 Å². The number of nitrogens with zero attached hydrogens (tertiary/aromatic N) is 1. The SMILES string of the molecule is CC(=C1SC(=O)NC1=O)c1ccc(OCCCOc2c(-c3ccc(F)cc3)n(C)c3ccccc3c2=O)cc1. The summed E-state index contributed by atoms with van der Waals surface area (Å²) in [6.07, 6.45) is 0.516. The Balaban J connectivity index is 1.27. The molecular formula is C30H25FN2O5S. The molecular weight excluding hydrogens is 519 g/mol. The fourth-order valence-electron chi connectivity index (χ4n) is 4.44. The third-order valence-corrected chi connectivity index (χ3v) is 7.42. The molecule has 0 radical (unpaired) electrons. The van der Waals surface area contributed by atoms with E-state index in [0.717, 1.165) is 28.4 Å². The number of halogens is 1. The van der Waals surface area contributed by atoms with Crippen LogP contribution in [0.3, 0.4) is 0 Å². The molecule has 0 atom stereocenters. The summed E-state index contributed by atoms with van der Waals surface area (Å²) in [5.74, 6) is 0.112. The summed E-state index contributed by atoms with van der Waals surface area (Å²) < 4.78 is 27.3. The van der Waals surface area contributed by atoms with Crippen LogP contribution in [0.4, 0.5) is 9.18 Å². The lowest BCUT2D eigenvalue weighted by Gasteiger charge is -2.18. The van der Waals surface area contributed by atoms with E-state index in [1.807, 2.05) is 41.9 Å². The predicted molar refractivity (Wildman–Crippen MR) is 150 cm³/mol. The Labute approximate surface area is 228 Å². The summed E-state index contributed by atoms with van der Waals surface area (Å²) in [6.45, 7) is 2.39. The normalized spacial score (nSPS) is 14.4. The third-order valence-electron chi connectivity index (χ3n) is 6.43. The maximum absolute atomic E-state index is 13.6. The molecule has 0 aliphatic carbocycles. The molecule has 1 N–H and O–H groups in total. The number of carbonyl (C=O) groups is 2. The van der Waals surface area contributed by atoms with E-state index in [2.05, 4.69) is 5.32 Å². The fraction of sp³-hybridized carbons (Fsp3) is 0.167. The molecule has 1 aliphatic heterocycles. The number of amides is 2. The Bertz CT molecular complexity index is 1660. The number of benzene rings is 3. The number of carbonyl (C=O) groups excluding carboxylic acids is 2. The monoisotopic (exact) mass is 544 g/mol. The number of para-hydroxylation sites is 1. The molecule has 7 nitrogen and oxygen atoms in total. The van der Waals surface area contributed by atoms with E-state index in [9.17, 15) is 18.8 Å². The molecule has 1 aromatic heterocycles. The van der Waals surface area contributed by atoms with Gasteiger partial charge in [-0.3, -0.25) is 19.7 Å². The zero-order chi connectivity index (χ0) is 27.5. The number of rotatable bonds is 8. The van der Waals surface area contributed by atoms with E-state index in [4.69, 9.17) is 9.47 Å². The smallest absolute Gasteiger partial charge is 0.290 e. The Hall–Kier alpha value is -4.37. The number of aromatic nitrogens is 1. The van der Waals surface area contributed by atoms with Crippen molar-refractivity contribution < 1.29 is 23.5 Å². The number of hydrogen-bond donors (Lipinski definition) is 1. The quantitative estimate of drug-likeness (QED) is 0.219. The molecule has 5 rings (SSSR count). The fourth-order valence-corrected chi connectivity index (χ4v) is 5.19. The van der Waals surface area contributed by atoms with Gasteiger partial charge in [0.25, 0.3) is 11.1 Å². The van der Waals surface area contributed by atoms with Gasteiger partial charge >= 0.3 is 0 Å². The van der Waals surface area contributed by atoms with Gasteiger partial charge in [0.1, 0.15) is 11.6 Å². The highest BCUT2D eigenvalue weighted by atomic mass is 32.2. The zero-order valence-corrected chi connectivity index (χ0v) is 22.1. The highest BCUT2D eigenvalue weighted by Gasteiger charge is 2.27. The van der Waals surface area contributed by atoms with E-state index in [1.54, 1.807) is 37.3 Å². The number of ether oxygens (including phenoxy) is 2. The lowest BCUT2D eigenvalue weighted by molar-refractivity contribution is -0.115. The van der Waals surface area contributed by atoms with Gasteiger partial charge < -0.3 is 14.0 Å². The molecule has 3 aromatic carbocycles. The number of aryl methyl sites for hydroxylation is 1. The maximum Gasteiger partial charge on any atom is 0.290 e. The van der Waals surface area contributed by atoms with Crippen LogP contribution >= 0.6 is 11.8 Å². The first kappa shape index (κ1) is 26.2. The Kier molecular flexibility index (Phi) is 7.51. The lowest BCUT2D eigenvalue weighted by atomic mass is 10.1. The molecule has 0 bridgehead atoms. The van der Waals surface area contributed by atoms with Crippen molar-refractivity contribution in [1.29, 1.82) is 0 Å². The van der Waals surface area contributed by atoms with Gasteiger partial charge in [0.2, 0.25) is 5.43 Å². The predicted octanol–water partition coefficient (Wildman–Crippen LogP) is 5.91. The molecule has 1 fully saturated rings. The average Bonchev–Trinajstić information content (AvgIpc) is 3.29. The first-order valence-corrected chi connectivity index (χ1v) is 13.1. The van der Waals surface area contributed by atoms with E-state index < -0.39 is 0 Å². The molecule has 1 saturated heterocycles. The second kappa shape index (κ2) is 11.2. The Morgan fingerprint density at radius 3 is 2.31 bits per heavy atom. The van der Waals surface area contributed by atoms with Crippen LogP contribution in [0.2, 0.25) is 0 Å². The summed E-state index contributed by atoms with van der Waals surface area (Å²) in [4.78, 5) is 37.1. The number of nitrogens with one attached hydrogen (secondary N) is 1. The number of pyridine rings is 1. The minimum absolute atomic E-state index is 0.211. The minimum atomic E-state index is -0.383. The third kappa shape index (κ3) is 5.44. The molecule has 0 unspecified atom stereocenters. The van der Waals surface area contributed by atoms with Crippen LogP contribution in [0.15, 0.2) is 82.5 Å². The average molecular weight is 545 g/mol. The zero-order valence-electron chi connectivity index (χ0n) is 21.3. The van der Waals surface area contributed by atoms with E-state index in [1.165, 1.54) is 12.1 Å². The molecule has 198 valence electrons. The van der Waals surface area contributed by atoms with Gasteiger partial charge in [0.15, 0.2) is 5.75 Å². The van der Waals surface area contributed by atoms with E-state index in [-0.39, 0.29) is 34.7 Å². The Morgan fingerprint density at radius 1 is 0.923 bits per heavy atom. The van der Waals surface area contributed by atoms with E-state index in [0.29, 0.717) is 40.3 Å². The molecule has 9 heteroatoms. The van der Waals surface area contributed by atoms with Crippen LogP contribution in [0.5, 0.6) is 11.5 Å². The van der Waals surface area contributed by atoms with Crippen LogP contribution in [-0.2, 0) is 11.8 Å². The van der Waals surface area contributed by atoms with Crippen molar-refractivity contribution in [3.05, 3.63) is 99.3 Å². The molecule has 2 amide bonds. The van der Waals surface area contributed by atoms with Crippen molar-refractivity contribution in [2.75, 3.05) is 13.2 Å². The van der Waals surface area contributed by atoms with Crippen LogP contribution < -0.4 is 20.2 Å². The molecule has 39 heavy (non-hydrogen) atoms. The number of hydrogen-bond acceptors (Lipinski definition) is 6. The van der Waals surface area contributed by atoms with Crippen LogP contribution in [0.25, 0.3) is 27.7 Å². The number of allylic oxidation sites excluding steroid dienone is 1. The van der Waals surface area contributed by atoms with Gasteiger partial charge in [-0.05, 0) is 78.4 Å². The largest absolute Gasteiger partial charge is 0.493 e. The molecule has 4 aromatic rings. The van der Waals surface area contributed by atoms with Crippen molar-refractivity contribution in [2.24, 2.45) is 7.05 Å². The summed E-state index contributed by atoms with van der Waals surface area (Å²) >= 11 is 0.895. The van der Waals surface area contributed by atoms with Crippen LogP contribution in [-0.4, -0.2) is 28.9 Å². The Morgan fingerprint density at radius 2 is 1.62 bits per heavy atom. The number of imide groups is 1. The number of thioether (sulfide) groups is 1. The molecule has 2 heterocycles. The lowest BCUT2D eigenvalue weighted by Crippen LogP contribution is -2.18. The van der Waals surface area contributed by atoms with Gasteiger partial charge in [-0.25, -0.2) is 4.39 Å². The first-order chi connectivity index (χ1) is 18.8. The van der Waals surface area contributed by atoms with Gasteiger partial charge in [-0.1, -0.05) is 24.3 Å². The van der Waals surface area contributed by atoms with E-state index >= 15 is 0 Å².